The van der Waals surface area contributed by atoms with Crippen molar-refractivity contribution in [2.75, 3.05) is 17.1 Å². The monoisotopic (exact) mass is 388 g/mol. The number of anilines is 1. The summed E-state index contributed by atoms with van der Waals surface area (Å²) < 4.78 is 26.0. The third-order valence-corrected chi connectivity index (χ3v) is 5.58. The predicted octanol–water partition coefficient (Wildman–Crippen LogP) is 3.29. The van der Waals surface area contributed by atoms with E-state index in [1.807, 2.05) is 44.2 Å². The largest absolute Gasteiger partial charge is 0.354 e. The van der Waals surface area contributed by atoms with E-state index in [9.17, 15) is 13.2 Å². The first-order chi connectivity index (χ1) is 12.8. The standard InChI is InChI=1S/C21H28N2O3S/c1-4-20(21(24)22-16-8-11-18-9-6-5-7-10-18)23(27(3,25)26)19-14-12-17(2)13-15-19/h5-7,9-10,12-15,20H,4,8,11,16H2,1-3H3,(H,22,24)/t20-/m1/s1. The Hall–Kier alpha value is -2.34. The van der Waals surface area contributed by atoms with Crippen LogP contribution in [0.25, 0.3) is 0 Å². The highest BCUT2D eigenvalue weighted by Gasteiger charge is 2.31. The van der Waals surface area contributed by atoms with Gasteiger partial charge in [-0.1, -0.05) is 55.0 Å². The fourth-order valence-electron chi connectivity index (χ4n) is 3.02. The van der Waals surface area contributed by atoms with E-state index in [4.69, 9.17) is 0 Å². The molecule has 1 amide bonds. The normalized spacial score (nSPS) is 12.4. The highest BCUT2D eigenvalue weighted by atomic mass is 32.2. The molecule has 1 atom stereocenters. The van der Waals surface area contributed by atoms with Crippen molar-refractivity contribution in [2.24, 2.45) is 0 Å². The molecule has 0 aliphatic heterocycles. The molecule has 0 bridgehead atoms. The molecule has 146 valence electrons. The van der Waals surface area contributed by atoms with Gasteiger partial charge in [0.15, 0.2) is 0 Å². The Labute approximate surface area is 162 Å². The van der Waals surface area contributed by atoms with Gasteiger partial charge >= 0.3 is 0 Å². The van der Waals surface area contributed by atoms with Gasteiger partial charge in [0, 0.05) is 6.54 Å². The molecule has 2 aromatic rings. The molecular weight excluding hydrogens is 360 g/mol. The Morgan fingerprint density at radius 1 is 1.07 bits per heavy atom. The van der Waals surface area contributed by atoms with E-state index in [0.29, 0.717) is 18.7 Å². The number of amides is 1. The first kappa shape index (κ1) is 21.0. The predicted molar refractivity (Wildman–Crippen MR) is 110 cm³/mol. The molecule has 0 radical (unpaired) electrons. The van der Waals surface area contributed by atoms with E-state index in [1.54, 1.807) is 12.1 Å². The zero-order valence-corrected chi connectivity index (χ0v) is 17.0. The zero-order chi connectivity index (χ0) is 19.9. The van der Waals surface area contributed by atoms with E-state index in [2.05, 4.69) is 17.4 Å². The van der Waals surface area contributed by atoms with Crippen LogP contribution in [-0.4, -0.2) is 33.2 Å². The number of rotatable bonds is 9. The van der Waals surface area contributed by atoms with Crippen molar-refractivity contribution in [2.45, 2.75) is 39.2 Å². The number of hydrogen-bond acceptors (Lipinski definition) is 3. The second kappa shape index (κ2) is 9.55. The summed E-state index contributed by atoms with van der Waals surface area (Å²) in [6.07, 6.45) is 3.20. The molecule has 0 fully saturated rings. The molecule has 27 heavy (non-hydrogen) atoms. The van der Waals surface area contributed by atoms with Gasteiger partial charge in [-0.25, -0.2) is 8.42 Å². The number of benzene rings is 2. The number of carbonyl (C=O) groups excluding carboxylic acids is 1. The van der Waals surface area contributed by atoms with Crippen LogP contribution in [0, 0.1) is 6.92 Å². The van der Waals surface area contributed by atoms with Crippen LogP contribution in [0.15, 0.2) is 54.6 Å². The first-order valence-electron chi connectivity index (χ1n) is 9.20. The summed E-state index contributed by atoms with van der Waals surface area (Å²) in [5.74, 6) is -0.267. The summed E-state index contributed by atoms with van der Waals surface area (Å²) >= 11 is 0. The molecule has 0 saturated carbocycles. The van der Waals surface area contributed by atoms with Crippen LogP contribution in [0.3, 0.4) is 0 Å². The van der Waals surface area contributed by atoms with Crippen molar-refractivity contribution in [1.82, 2.24) is 5.32 Å². The Kier molecular flexibility index (Phi) is 7.42. The fraction of sp³-hybridized carbons (Fsp3) is 0.381. The lowest BCUT2D eigenvalue weighted by Gasteiger charge is -2.30. The molecule has 1 N–H and O–H groups in total. The Bertz CT molecular complexity index is 833. The number of carbonyl (C=O) groups is 1. The molecule has 0 heterocycles. The first-order valence-corrected chi connectivity index (χ1v) is 11.1. The summed E-state index contributed by atoms with van der Waals surface area (Å²) in [6, 6.07) is 16.5. The lowest BCUT2D eigenvalue weighted by Crippen LogP contribution is -2.49. The summed E-state index contributed by atoms with van der Waals surface area (Å²) in [5.41, 5.74) is 2.76. The average Bonchev–Trinajstić information content (AvgIpc) is 2.64. The van der Waals surface area contributed by atoms with Crippen LogP contribution in [0.2, 0.25) is 0 Å². The van der Waals surface area contributed by atoms with Gasteiger partial charge in [-0.3, -0.25) is 9.10 Å². The maximum absolute atomic E-state index is 12.7. The minimum absolute atomic E-state index is 0.267. The SMILES string of the molecule is CC[C@H](C(=O)NCCCc1ccccc1)N(c1ccc(C)cc1)S(C)(=O)=O. The van der Waals surface area contributed by atoms with Crippen molar-refractivity contribution in [3.05, 3.63) is 65.7 Å². The lowest BCUT2D eigenvalue weighted by molar-refractivity contribution is -0.122. The molecular formula is C21H28N2O3S. The van der Waals surface area contributed by atoms with E-state index in [-0.39, 0.29) is 5.91 Å². The highest BCUT2D eigenvalue weighted by molar-refractivity contribution is 7.92. The minimum Gasteiger partial charge on any atom is -0.354 e. The summed E-state index contributed by atoms with van der Waals surface area (Å²) in [7, 11) is -3.59. The van der Waals surface area contributed by atoms with E-state index < -0.39 is 16.1 Å². The van der Waals surface area contributed by atoms with Crippen LogP contribution in [0.1, 0.15) is 30.9 Å². The van der Waals surface area contributed by atoms with Crippen LogP contribution in [0.5, 0.6) is 0 Å². The number of sulfonamides is 1. The molecule has 0 aliphatic rings. The zero-order valence-electron chi connectivity index (χ0n) is 16.2. The van der Waals surface area contributed by atoms with E-state index >= 15 is 0 Å². The van der Waals surface area contributed by atoms with Gasteiger partial charge in [0.05, 0.1) is 11.9 Å². The molecule has 0 aliphatic carbocycles. The van der Waals surface area contributed by atoms with Crippen molar-refractivity contribution >= 4 is 21.6 Å². The van der Waals surface area contributed by atoms with Gasteiger partial charge in [-0.2, -0.15) is 0 Å². The van der Waals surface area contributed by atoms with Gasteiger partial charge in [0.2, 0.25) is 15.9 Å². The smallest absolute Gasteiger partial charge is 0.243 e. The van der Waals surface area contributed by atoms with Crippen molar-refractivity contribution in [3.8, 4) is 0 Å². The number of aryl methyl sites for hydroxylation is 2. The van der Waals surface area contributed by atoms with Gasteiger partial charge < -0.3 is 5.32 Å². The third-order valence-electron chi connectivity index (χ3n) is 4.40. The van der Waals surface area contributed by atoms with Crippen molar-refractivity contribution < 1.29 is 13.2 Å². The molecule has 6 heteroatoms. The van der Waals surface area contributed by atoms with Crippen LogP contribution < -0.4 is 9.62 Å². The van der Waals surface area contributed by atoms with Crippen molar-refractivity contribution in [3.63, 3.8) is 0 Å². The number of nitrogens with zero attached hydrogens (tertiary/aromatic N) is 1. The highest BCUT2D eigenvalue weighted by Crippen LogP contribution is 2.23. The number of nitrogens with one attached hydrogen (secondary N) is 1. The summed E-state index contributed by atoms with van der Waals surface area (Å²) in [4.78, 5) is 12.7. The van der Waals surface area contributed by atoms with Gasteiger partial charge in [-0.05, 0) is 43.9 Å². The summed E-state index contributed by atoms with van der Waals surface area (Å²) in [5, 5.41) is 2.89. The number of hydrogen-bond donors (Lipinski definition) is 1. The molecule has 5 nitrogen and oxygen atoms in total. The maximum atomic E-state index is 12.7. The van der Waals surface area contributed by atoms with E-state index in [1.165, 1.54) is 9.87 Å². The second-order valence-electron chi connectivity index (χ2n) is 6.70. The van der Waals surface area contributed by atoms with Crippen LogP contribution in [0.4, 0.5) is 5.69 Å². The molecule has 0 unspecified atom stereocenters. The minimum atomic E-state index is -3.59. The third kappa shape index (κ3) is 6.10. The molecule has 0 saturated heterocycles. The van der Waals surface area contributed by atoms with Gasteiger partial charge in [0.25, 0.3) is 0 Å². The van der Waals surface area contributed by atoms with Crippen molar-refractivity contribution in [1.29, 1.82) is 0 Å². The molecule has 0 spiro atoms. The topological polar surface area (TPSA) is 66.5 Å². The van der Waals surface area contributed by atoms with Gasteiger partial charge in [0.1, 0.15) is 6.04 Å². The fourth-order valence-corrected chi connectivity index (χ4v) is 4.23. The molecule has 2 rings (SSSR count). The maximum Gasteiger partial charge on any atom is 0.243 e. The average molecular weight is 389 g/mol. The quantitative estimate of drug-likeness (QED) is 0.671. The Morgan fingerprint density at radius 3 is 2.26 bits per heavy atom. The van der Waals surface area contributed by atoms with E-state index in [0.717, 1.165) is 24.7 Å². The van der Waals surface area contributed by atoms with Gasteiger partial charge in [-0.15, -0.1) is 0 Å². The molecule has 2 aromatic carbocycles. The molecule has 0 aromatic heterocycles. The lowest BCUT2D eigenvalue weighted by atomic mass is 10.1. The summed E-state index contributed by atoms with van der Waals surface area (Å²) in [6.45, 7) is 4.27. The van der Waals surface area contributed by atoms with Crippen LogP contribution >= 0.6 is 0 Å². The second-order valence-corrected chi connectivity index (χ2v) is 8.56. The Balaban J connectivity index is 2.04. The van der Waals surface area contributed by atoms with Crippen LogP contribution in [-0.2, 0) is 21.2 Å². The Morgan fingerprint density at radius 2 is 1.70 bits per heavy atom.